The summed E-state index contributed by atoms with van der Waals surface area (Å²) in [4.78, 5) is 41.1. The summed E-state index contributed by atoms with van der Waals surface area (Å²) < 4.78 is 4.95. The van der Waals surface area contributed by atoms with Gasteiger partial charge in [0.05, 0.1) is 6.04 Å². The Bertz CT molecular complexity index is 982. The van der Waals surface area contributed by atoms with E-state index in [1.807, 2.05) is 50.2 Å². The first kappa shape index (κ1) is 24.9. The lowest BCUT2D eigenvalue weighted by Gasteiger charge is -2.41. The highest BCUT2D eigenvalue weighted by atomic mass is 16.6. The number of rotatable bonds is 9. The summed E-state index contributed by atoms with van der Waals surface area (Å²) in [6.45, 7) is 6.49. The normalized spacial score (nSPS) is 21.1. The van der Waals surface area contributed by atoms with Gasteiger partial charge in [-0.25, -0.2) is 4.79 Å². The Hall–Kier alpha value is -3.23. The molecule has 3 atom stereocenters. The topological polar surface area (TPSA) is 102 Å². The molecular weight excluding hydrogens is 446 g/mol. The summed E-state index contributed by atoms with van der Waals surface area (Å²) in [6.07, 6.45) is -1.67. The van der Waals surface area contributed by atoms with Gasteiger partial charge in [0.15, 0.2) is 12.2 Å². The molecule has 0 aromatic heterocycles. The highest BCUT2D eigenvalue weighted by Crippen LogP contribution is 2.30. The molecule has 2 heterocycles. The summed E-state index contributed by atoms with van der Waals surface area (Å²) in [5.74, 6) is -1.65. The number of ether oxygens (including phenoxy) is 1. The zero-order valence-electron chi connectivity index (χ0n) is 20.2. The summed E-state index contributed by atoms with van der Waals surface area (Å²) in [5, 5.41) is 11.8. The first-order chi connectivity index (χ1) is 16.8. The fourth-order valence-corrected chi connectivity index (χ4v) is 4.75. The molecule has 2 aliphatic heterocycles. The van der Waals surface area contributed by atoms with Gasteiger partial charge in [0.25, 0.3) is 5.91 Å². The Morgan fingerprint density at radius 1 is 0.914 bits per heavy atom. The minimum absolute atomic E-state index is 0.0979. The van der Waals surface area contributed by atoms with Crippen molar-refractivity contribution in [2.24, 2.45) is 5.92 Å². The van der Waals surface area contributed by atoms with Crippen LogP contribution in [0.3, 0.4) is 0 Å². The predicted octanol–water partition coefficient (Wildman–Crippen LogP) is 2.30. The molecule has 2 fully saturated rings. The molecule has 0 bridgehead atoms. The summed E-state index contributed by atoms with van der Waals surface area (Å²) in [6, 6.07) is 20.1. The monoisotopic (exact) mass is 479 g/mol. The van der Waals surface area contributed by atoms with Crippen molar-refractivity contribution < 1.29 is 24.2 Å². The van der Waals surface area contributed by atoms with E-state index in [-0.39, 0.29) is 17.9 Å². The van der Waals surface area contributed by atoms with Crippen molar-refractivity contribution in [3.8, 4) is 0 Å². The zero-order chi connectivity index (χ0) is 24.9. The molecule has 0 spiro atoms. The van der Waals surface area contributed by atoms with Gasteiger partial charge < -0.3 is 20.1 Å². The fourth-order valence-electron chi connectivity index (χ4n) is 4.75. The lowest BCUT2D eigenvalue weighted by Crippen LogP contribution is -2.56. The Labute approximate surface area is 205 Å². The average molecular weight is 480 g/mol. The third kappa shape index (κ3) is 6.07. The molecule has 0 saturated carbocycles. The average Bonchev–Trinajstić information content (AvgIpc) is 3.67. The van der Waals surface area contributed by atoms with Crippen LogP contribution >= 0.6 is 0 Å². The molecule has 2 aromatic rings. The highest BCUT2D eigenvalue weighted by molar-refractivity contribution is 5.95. The van der Waals surface area contributed by atoms with Crippen molar-refractivity contribution in [3.05, 3.63) is 71.8 Å². The van der Waals surface area contributed by atoms with E-state index in [9.17, 15) is 14.4 Å². The van der Waals surface area contributed by atoms with E-state index in [0.29, 0.717) is 32.6 Å². The lowest BCUT2D eigenvalue weighted by atomic mass is 9.96. The molecule has 2 saturated heterocycles. The van der Waals surface area contributed by atoms with Gasteiger partial charge in [0.1, 0.15) is 6.04 Å². The summed E-state index contributed by atoms with van der Waals surface area (Å²) in [5.41, 5.74) is 2.42. The van der Waals surface area contributed by atoms with Gasteiger partial charge in [-0.15, -0.1) is 0 Å². The van der Waals surface area contributed by atoms with Gasteiger partial charge in [-0.2, -0.15) is 0 Å². The second-order valence-corrected chi connectivity index (χ2v) is 9.59. The maximum atomic E-state index is 13.4. The SMILES string of the molecule is CC(C)C[C@H](NC(=O)[C@H]1O[C@@H]1C(=O)O)C(=O)N1CCN(C(c2ccccc2)c2ccccc2)CC1. The largest absolute Gasteiger partial charge is 0.479 e. The standard InChI is InChI=1S/C27H33N3O5/c1-18(2)17-21(28-25(31)23-24(35-23)27(33)34)26(32)30-15-13-29(14-16-30)22(19-9-5-3-6-10-19)20-11-7-4-8-12-20/h3-12,18,21-24H,13-17H2,1-2H3,(H,28,31)(H,33,34)/t21-,23-,24-/m0/s1. The van der Waals surface area contributed by atoms with Crippen LogP contribution in [0, 0.1) is 5.92 Å². The number of nitrogens with one attached hydrogen (secondary N) is 1. The quantitative estimate of drug-likeness (QED) is 0.535. The number of carbonyl (C=O) groups is 3. The van der Waals surface area contributed by atoms with Crippen LogP contribution in [-0.2, 0) is 19.1 Å². The van der Waals surface area contributed by atoms with Crippen LogP contribution in [0.4, 0.5) is 0 Å². The number of benzene rings is 2. The molecule has 2 N–H and O–H groups in total. The van der Waals surface area contributed by atoms with E-state index in [1.165, 1.54) is 11.1 Å². The zero-order valence-corrected chi connectivity index (χ0v) is 20.2. The molecule has 8 nitrogen and oxygen atoms in total. The molecule has 0 aliphatic carbocycles. The Morgan fingerprint density at radius 2 is 1.46 bits per heavy atom. The van der Waals surface area contributed by atoms with Gasteiger partial charge in [0, 0.05) is 26.2 Å². The van der Waals surface area contributed by atoms with Crippen molar-refractivity contribution in [2.75, 3.05) is 26.2 Å². The maximum Gasteiger partial charge on any atom is 0.336 e. The molecule has 2 amide bonds. The number of carboxylic acids is 1. The van der Waals surface area contributed by atoms with Gasteiger partial charge in [0.2, 0.25) is 5.91 Å². The Morgan fingerprint density at radius 3 is 1.91 bits per heavy atom. The minimum Gasteiger partial charge on any atom is -0.479 e. The third-order valence-electron chi connectivity index (χ3n) is 6.54. The lowest BCUT2D eigenvalue weighted by molar-refractivity contribution is -0.139. The first-order valence-corrected chi connectivity index (χ1v) is 12.2. The van der Waals surface area contributed by atoms with Crippen molar-refractivity contribution in [1.82, 2.24) is 15.1 Å². The predicted molar refractivity (Wildman–Crippen MR) is 131 cm³/mol. The number of epoxide rings is 1. The second kappa shape index (κ2) is 11.0. The van der Waals surface area contributed by atoms with Crippen molar-refractivity contribution in [2.45, 2.75) is 44.6 Å². The summed E-state index contributed by atoms with van der Waals surface area (Å²) in [7, 11) is 0. The molecular formula is C27H33N3O5. The van der Waals surface area contributed by atoms with Crippen LogP contribution in [0.1, 0.15) is 37.4 Å². The number of nitrogens with zero attached hydrogens (tertiary/aromatic N) is 2. The van der Waals surface area contributed by atoms with Crippen LogP contribution < -0.4 is 5.32 Å². The van der Waals surface area contributed by atoms with Crippen molar-refractivity contribution in [3.63, 3.8) is 0 Å². The van der Waals surface area contributed by atoms with Crippen LogP contribution in [0.5, 0.6) is 0 Å². The van der Waals surface area contributed by atoms with E-state index in [0.717, 1.165) is 0 Å². The maximum absolute atomic E-state index is 13.4. The van der Waals surface area contributed by atoms with Crippen LogP contribution in [0.2, 0.25) is 0 Å². The van der Waals surface area contributed by atoms with Crippen LogP contribution in [-0.4, -0.2) is 77.1 Å². The molecule has 186 valence electrons. The van der Waals surface area contributed by atoms with E-state index in [4.69, 9.17) is 9.84 Å². The van der Waals surface area contributed by atoms with Crippen LogP contribution in [0.15, 0.2) is 60.7 Å². The first-order valence-electron chi connectivity index (χ1n) is 12.2. The van der Waals surface area contributed by atoms with E-state index < -0.39 is 30.1 Å². The number of carboxylic acid groups (broad SMARTS) is 1. The van der Waals surface area contributed by atoms with Gasteiger partial charge in [-0.05, 0) is 23.5 Å². The fraction of sp³-hybridized carbons (Fsp3) is 0.444. The number of hydrogen-bond donors (Lipinski definition) is 2. The minimum atomic E-state index is -1.17. The summed E-state index contributed by atoms with van der Waals surface area (Å²) >= 11 is 0. The number of piperazine rings is 1. The molecule has 2 aromatic carbocycles. The van der Waals surface area contributed by atoms with Crippen molar-refractivity contribution >= 4 is 17.8 Å². The molecule has 0 radical (unpaired) electrons. The molecule has 4 rings (SSSR count). The molecule has 2 aliphatic rings. The van der Waals surface area contributed by atoms with E-state index in [2.05, 4.69) is 34.5 Å². The Kier molecular flexibility index (Phi) is 7.83. The molecule has 35 heavy (non-hydrogen) atoms. The molecule has 0 unspecified atom stereocenters. The van der Waals surface area contributed by atoms with Gasteiger partial charge in [-0.1, -0.05) is 74.5 Å². The number of aliphatic carboxylic acids is 1. The van der Waals surface area contributed by atoms with Gasteiger partial charge in [-0.3, -0.25) is 14.5 Å². The second-order valence-electron chi connectivity index (χ2n) is 9.59. The smallest absolute Gasteiger partial charge is 0.336 e. The third-order valence-corrected chi connectivity index (χ3v) is 6.54. The Balaban J connectivity index is 1.42. The van der Waals surface area contributed by atoms with Crippen molar-refractivity contribution in [1.29, 1.82) is 0 Å². The van der Waals surface area contributed by atoms with E-state index >= 15 is 0 Å². The van der Waals surface area contributed by atoms with Crippen LogP contribution in [0.25, 0.3) is 0 Å². The van der Waals surface area contributed by atoms with E-state index in [1.54, 1.807) is 4.90 Å². The molecule has 8 heteroatoms. The number of amides is 2. The van der Waals surface area contributed by atoms with Gasteiger partial charge >= 0.3 is 5.97 Å². The number of hydrogen-bond acceptors (Lipinski definition) is 5. The highest BCUT2D eigenvalue weighted by Gasteiger charge is 2.51. The number of carbonyl (C=O) groups excluding carboxylic acids is 2.